The lowest BCUT2D eigenvalue weighted by Gasteiger charge is -2.08. The standard InChI is InChI=1S/C8H14N4O3/c1-15-3-2-12-8(6(9)4-11-12)10-5-7(13)14/h4,10H,2-3,5,9H2,1H3,(H,13,14). The molecule has 0 fully saturated rings. The number of carbonyl (C=O) groups is 1. The molecule has 0 saturated carbocycles. The molecule has 15 heavy (non-hydrogen) atoms. The first-order valence-electron chi connectivity index (χ1n) is 4.41. The maximum atomic E-state index is 10.4. The molecule has 1 heterocycles. The number of hydrogen-bond donors (Lipinski definition) is 3. The molecule has 0 aromatic carbocycles. The van der Waals surface area contributed by atoms with E-state index in [1.165, 1.54) is 6.20 Å². The van der Waals surface area contributed by atoms with Crippen molar-refractivity contribution in [3.8, 4) is 0 Å². The largest absolute Gasteiger partial charge is 0.480 e. The van der Waals surface area contributed by atoms with Crippen molar-refractivity contribution in [1.82, 2.24) is 9.78 Å². The monoisotopic (exact) mass is 214 g/mol. The van der Waals surface area contributed by atoms with Gasteiger partial charge in [0, 0.05) is 7.11 Å². The number of nitrogens with one attached hydrogen (secondary N) is 1. The number of aliphatic carboxylic acids is 1. The highest BCUT2D eigenvalue weighted by Crippen LogP contribution is 2.16. The Labute approximate surface area is 86.8 Å². The SMILES string of the molecule is COCCn1ncc(N)c1NCC(=O)O. The molecule has 84 valence electrons. The summed E-state index contributed by atoms with van der Waals surface area (Å²) in [5, 5.41) is 15.2. The van der Waals surface area contributed by atoms with Crippen LogP contribution in [-0.2, 0) is 16.1 Å². The first-order chi connectivity index (χ1) is 7.15. The van der Waals surface area contributed by atoms with E-state index in [1.54, 1.807) is 11.8 Å². The molecular weight excluding hydrogens is 200 g/mol. The van der Waals surface area contributed by atoms with Gasteiger partial charge in [-0.15, -0.1) is 0 Å². The molecule has 1 rings (SSSR count). The summed E-state index contributed by atoms with van der Waals surface area (Å²) in [5.74, 6) is -0.441. The molecule has 0 amide bonds. The molecule has 0 unspecified atom stereocenters. The number of carboxylic acids is 1. The van der Waals surface area contributed by atoms with Gasteiger partial charge in [0.1, 0.15) is 12.4 Å². The second kappa shape index (κ2) is 5.20. The average molecular weight is 214 g/mol. The second-order valence-electron chi connectivity index (χ2n) is 2.91. The molecule has 1 aromatic rings. The smallest absolute Gasteiger partial charge is 0.322 e. The van der Waals surface area contributed by atoms with Gasteiger partial charge in [-0.3, -0.25) is 4.79 Å². The third kappa shape index (κ3) is 3.13. The maximum absolute atomic E-state index is 10.4. The number of aromatic nitrogens is 2. The van der Waals surface area contributed by atoms with Crippen molar-refractivity contribution in [3.63, 3.8) is 0 Å². The predicted octanol–water partition coefficient (Wildman–Crippen LogP) is -0.392. The minimum Gasteiger partial charge on any atom is -0.480 e. The van der Waals surface area contributed by atoms with Crippen molar-refractivity contribution in [1.29, 1.82) is 0 Å². The van der Waals surface area contributed by atoms with E-state index < -0.39 is 5.97 Å². The summed E-state index contributed by atoms with van der Waals surface area (Å²) in [6.45, 7) is 0.821. The van der Waals surface area contributed by atoms with Gasteiger partial charge in [-0.25, -0.2) is 4.68 Å². The molecule has 0 atom stereocenters. The quantitative estimate of drug-likeness (QED) is 0.596. The summed E-state index contributed by atoms with van der Waals surface area (Å²) in [5.41, 5.74) is 6.04. The number of hydrogen-bond acceptors (Lipinski definition) is 5. The van der Waals surface area contributed by atoms with Crippen LogP contribution in [0.5, 0.6) is 0 Å². The van der Waals surface area contributed by atoms with Crippen LogP contribution in [0.1, 0.15) is 0 Å². The van der Waals surface area contributed by atoms with Crippen LogP contribution < -0.4 is 11.1 Å². The van der Waals surface area contributed by atoms with Crippen molar-refractivity contribution in [3.05, 3.63) is 6.20 Å². The third-order valence-electron chi connectivity index (χ3n) is 1.78. The Kier molecular flexibility index (Phi) is 3.92. The van der Waals surface area contributed by atoms with E-state index in [2.05, 4.69) is 10.4 Å². The predicted molar refractivity (Wildman–Crippen MR) is 54.6 cm³/mol. The van der Waals surface area contributed by atoms with Gasteiger partial charge in [0.15, 0.2) is 0 Å². The van der Waals surface area contributed by atoms with Gasteiger partial charge < -0.3 is 20.9 Å². The normalized spacial score (nSPS) is 10.2. The van der Waals surface area contributed by atoms with E-state index in [1.807, 2.05) is 0 Å². The Morgan fingerprint density at radius 1 is 1.80 bits per heavy atom. The lowest BCUT2D eigenvalue weighted by molar-refractivity contribution is -0.134. The van der Waals surface area contributed by atoms with Crippen molar-refractivity contribution in [2.75, 3.05) is 31.3 Å². The number of rotatable bonds is 6. The third-order valence-corrected chi connectivity index (χ3v) is 1.78. The van der Waals surface area contributed by atoms with E-state index >= 15 is 0 Å². The number of anilines is 2. The number of nitrogen functional groups attached to an aromatic ring is 1. The summed E-state index contributed by atoms with van der Waals surface area (Å²) >= 11 is 0. The van der Waals surface area contributed by atoms with Gasteiger partial charge in [0.25, 0.3) is 0 Å². The van der Waals surface area contributed by atoms with Crippen LogP contribution in [0.2, 0.25) is 0 Å². The number of methoxy groups -OCH3 is 1. The molecule has 7 heteroatoms. The fourth-order valence-corrected chi connectivity index (χ4v) is 1.10. The second-order valence-corrected chi connectivity index (χ2v) is 2.91. The van der Waals surface area contributed by atoms with Gasteiger partial charge in [-0.05, 0) is 0 Å². The summed E-state index contributed by atoms with van der Waals surface area (Å²) in [6.07, 6.45) is 1.47. The van der Waals surface area contributed by atoms with E-state index in [0.29, 0.717) is 24.7 Å². The molecule has 1 aromatic heterocycles. The highest BCUT2D eigenvalue weighted by atomic mass is 16.5. The Morgan fingerprint density at radius 3 is 3.13 bits per heavy atom. The molecule has 0 bridgehead atoms. The lowest BCUT2D eigenvalue weighted by Crippen LogP contribution is -2.17. The zero-order valence-electron chi connectivity index (χ0n) is 8.43. The van der Waals surface area contributed by atoms with Gasteiger partial charge in [-0.1, -0.05) is 0 Å². The Balaban J connectivity index is 2.66. The van der Waals surface area contributed by atoms with Crippen LogP contribution >= 0.6 is 0 Å². The molecule has 0 aliphatic rings. The minimum absolute atomic E-state index is 0.192. The molecule has 0 spiro atoms. The highest BCUT2D eigenvalue weighted by molar-refractivity contribution is 5.74. The summed E-state index contributed by atoms with van der Waals surface area (Å²) in [7, 11) is 1.58. The summed E-state index contributed by atoms with van der Waals surface area (Å²) in [6, 6.07) is 0. The van der Waals surface area contributed by atoms with Crippen LogP contribution in [0, 0.1) is 0 Å². The van der Waals surface area contributed by atoms with E-state index in [0.717, 1.165) is 0 Å². The minimum atomic E-state index is -0.950. The number of carboxylic acid groups (broad SMARTS) is 1. The first kappa shape index (κ1) is 11.3. The highest BCUT2D eigenvalue weighted by Gasteiger charge is 2.08. The number of nitrogens with two attached hydrogens (primary N) is 1. The lowest BCUT2D eigenvalue weighted by atomic mass is 10.5. The summed E-state index contributed by atoms with van der Waals surface area (Å²) in [4.78, 5) is 10.4. The molecule has 0 radical (unpaired) electrons. The van der Waals surface area contributed by atoms with Gasteiger partial charge >= 0.3 is 5.97 Å². The van der Waals surface area contributed by atoms with Crippen LogP contribution in [-0.4, -0.2) is 41.1 Å². The summed E-state index contributed by atoms with van der Waals surface area (Å²) < 4.78 is 6.46. The zero-order valence-corrected chi connectivity index (χ0v) is 8.43. The Bertz CT molecular complexity index is 337. The maximum Gasteiger partial charge on any atom is 0.322 e. The fraction of sp³-hybridized carbons (Fsp3) is 0.500. The van der Waals surface area contributed by atoms with Crippen molar-refractivity contribution in [2.24, 2.45) is 0 Å². The van der Waals surface area contributed by atoms with Crippen LogP contribution in [0.25, 0.3) is 0 Å². The van der Waals surface area contributed by atoms with Crippen LogP contribution in [0.4, 0.5) is 11.5 Å². The van der Waals surface area contributed by atoms with E-state index in [9.17, 15) is 4.79 Å². The van der Waals surface area contributed by atoms with Crippen molar-refractivity contribution < 1.29 is 14.6 Å². The molecule has 7 nitrogen and oxygen atoms in total. The molecule has 0 aliphatic carbocycles. The molecular formula is C8H14N4O3. The first-order valence-corrected chi connectivity index (χ1v) is 4.41. The Morgan fingerprint density at radius 2 is 2.53 bits per heavy atom. The molecule has 0 saturated heterocycles. The van der Waals surface area contributed by atoms with Gasteiger partial charge in [0.2, 0.25) is 0 Å². The number of ether oxygens (including phenoxy) is 1. The molecule has 0 aliphatic heterocycles. The van der Waals surface area contributed by atoms with Crippen LogP contribution in [0.3, 0.4) is 0 Å². The van der Waals surface area contributed by atoms with Crippen LogP contribution in [0.15, 0.2) is 6.20 Å². The van der Waals surface area contributed by atoms with Crippen molar-refractivity contribution in [2.45, 2.75) is 6.54 Å². The Hall–Kier alpha value is -1.76. The topological polar surface area (TPSA) is 102 Å². The van der Waals surface area contributed by atoms with E-state index in [4.69, 9.17) is 15.6 Å². The average Bonchev–Trinajstić information content (AvgIpc) is 2.53. The fourth-order valence-electron chi connectivity index (χ4n) is 1.10. The van der Waals surface area contributed by atoms with Gasteiger partial charge in [0.05, 0.1) is 25.0 Å². The van der Waals surface area contributed by atoms with E-state index in [-0.39, 0.29) is 6.54 Å². The van der Waals surface area contributed by atoms with Gasteiger partial charge in [-0.2, -0.15) is 5.10 Å². The number of nitrogens with zero attached hydrogens (tertiary/aromatic N) is 2. The zero-order chi connectivity index (χ0) is 11.3. The molecule has 4 N–H and O–H groups in total. The van der Waals surface area contributed by atoms with Crippen molar-refractivity contribution >= 4 is 17.5 Å².